The molecule has 0 radical (unpaired) electrons. The van der Waals surface area contributed by atoms with Crippen LogP contribution < -0.4 is 5.32 Å². The third-order valence-electron chi connectivity index (χ3n) is 3.27. The second-order valence-electron chi connectivity index (χ2n) is 4.44. The number of aliphatic carboxylic acids is 1. The summed E-state index contributed by atoms with van der Waals surface area (Å²) in [5, 5.41) is 12.4. The van der Waals surface area contributed by atoms with E-state index in [0.29, 0.717) is 5.95 Å². The summed E-state index contributed by atoms with van der Waals surface area (Å²) in [6, 6.07) is 0. The van der Waals surface area contributed by atoms with E-state index >= 15 is 0 Å². The summed E-state index contributed by atoms with van der Waals surface area (Å²) in [5.74, 6) is 0.0481. The van der Waals surface area contributed by atoms with Crippen LogP contribution in [-0.2, 0) is 11.3 Å². The van der Waals surface area contributed by atoms with Gasteiger partial charge in [0.1, 0.15) is 5.54 Å². The number of rotatable bonds is 5. The zero-order chi connectivity index (χ0) is 11.8. The first-order valence-corrected chi connectivity index (χ1v) is 5.60. The molecule has 0 saturated heterocycles. The zero-order valence-corrected chi connectivity index (χ0v) is 9.60. The smallest absolute Gasteiger partial charge is 0.329 e. The summed E-state index contributed by atoms with van der Waals surface area (Å²) in [4.78, 5) is 15.5. The molecule has 88 valence electrons. The lowest BCUT2D eigenvalue weighted by atomic mass is 9.96. The van der Waals surface area contributed by atoms with Gasteiger partial charge in [0.25, 0.3) is 0 Å². The molecule has 0 spiro atoms. The molecule has 5 nitrogen and oxygen atoms in total. The highest BCUT2D eigenvalue weighted by Gasteiger charge is 2.48. The number of nitrogens with zero attached hydrogens (tertiary/aromatic N) is 2. The molecule has 0 bridgehead atoms. The predicted molar refractivity (Wildman–Crippen MR) is 60.3 cm³/mol. The van der Waals surface area contributed by atoms with Gasteiger partial charge in [-0.2, -0.15) is 0 Å². The summed E-state index contributed by atoms with van der Waals surface area (Å²) in [6.45, 7) is 4.52. The van der Waals surface area contributed by atoms with Crippen LogP contribution >= 0.6 is 0 Å². The number of aromatic nitrogens is 2. The second-order valence-corrected chi connectivity index (χ2v) is 4.44. The minimum absolute atomic E-state index is 0.215. The standard InChI is InChI=1S/C11H17N3O2/c1-3-14-7-6-12-10(14)13-11(2,9(15)16)8-4-5-8/h6-8H,3-5H2,1-2H3,(H,12,13)(H,15,16). The van der Waals surface area contributed by atoms with Gasteiger partial charge in [0.05, 0.1) is 0 Å². The van der Waals surface area contributed by atoms with Gasteiger partial charge < -0.3 is 15.0 Å². The van der Waals surface area contributed by atoms with Crippen LogP contribution in [0.25, 0.3) is 0 Å². The van der Waals surface area contributed by atoms with Gasteiger partial charge in [-0.05, 0) is 32.6 Å². The fraction of sp³-hybridized carbons (Fsp3) is 0.636. The molecule has 0 aliphatic heterocycles. The first kappa shape index (κ1) is 11.0. The quantitative estimate of drug-likeness (QED) is 0.795. The highest BCUT2D eigenvalue weighted by atomic mass is 16.4. The van der Waals surface area contributed by atoms with E-state index in [1.807, 2.05) is 17.7 Å². The Bertz CT molecular complexity index is 398. The summed E-state index contributed by atoms with van der Waals surface area (Å²) in [7, 11) is 0. The number of carbonyl (C=O) groups is 1. The summed E-state index contributed by atoms with van der Waals surface area (Å²) < 4.78 is 1.91. The second kappa shape index (κ2) is 3.81. The minimum atomic E-state index is -0.891. The van der Waals surface area contributed by atoms with Crippen LogP contribution in [0.1, 0.15) is 26.7 Å². The Morgan fingerprint density at radius 1 is 1.75 bits per heavy atom. The maximum atomic E-state index is 11.3. The van der Waals surface area contributed by atoms with E-state index in [4.69, 9.17) is 0 Å². The highest BCUT2D eigenvalue weighted by molar-refractivity contribution is 5.82. The van der Waals surface area contributed by atoms with Crippen molar-refractivity contribution in [2.75, 3.05) is 5.32 Å². The molecule has 1 aliphatic carbocycles. The summed E-state index contributed by atoms with van der Waals surface area (Å²) >= 11 is 0. The van der Waals surface area contributed by atoms with Gasteiger partial charge in [-0.15, -0.1) is 0 Å². The molecule has 5 heteroatoms. The van der Waals surface area contributed by atoms with E-state index in [1.54, 1.807) is 13.1 Å². The average molecular weight is 223 g/mol. The maximum absolute atomic E-state index is 11.3. The number of nitrogens with one attached hydrogen (secondary N) is 1. The van der Waals surface area contributed by atoms with Crippen molar-refractivity contribution in [2.45, 2.75) is 38.8 Å². The lowest BCUT2D eigenvalue weighted by Gasteiger charge is -2.26. The van der Waals surface area contributed by atoms with Crippen molar-refractivity contribution >= 4 is 11.9 Å². The lowest BCUT2D eigenvalue weighted by Crippen LogP contribution is -2.46. The fourth-order valence-electron chi connectivity index (χ4n) is 1.91. The number of hydrogen-bond acceptors (Lipinski definition) is 3. The number of aryl methyl sites for hydroxylation is 1. The minimum Gasteiger partial charge on any atom is -0.480 e. The third kappa shape index (κ3) is 1.77. The first-order valence-electron chi connectivity index (χ1n) is 5.60. The van der Waals surface area contributed by atoms with Crippen LogP contribution in [0.4, 0.5) is 5.95 Å². The molecule has 0 amide bonds. The molecule has 1 aliphatic rings. The summed E-state index contributed by atoms with van der Waals surface area (Å²) in [6.07, 6.45) is 5.48. The Kier molecular flexibility index (Phi) is 2.61. The van der Waals surface area contributed by atoms with Crippen molar-refractivity contribution < 1.29 is 9.90 Å². The van der Waals surface area contributed by atoms with Gasteiger partial charge >= 0.3 is 5.97 Å². The highest BCUT2D eigenvalue weighted by Crippen LogP contribution is 2.41. The Labute approximate surface area is 94.5 Å². The maximum Gasteiger partial charge on any atom is 0.329 e. The van der Waals surface area contributed by atoms with Crippen molar-refractivity contribution in [1.29, 1.82) is 0 Å². The van der Waals surface area contributed by atoms with Crippen LogP contribution in [0, 0.1) is 5.92 Å². The van der Waals surface area contributed by atoms with Crippen LogP contribution in [0.2, 0.25) is 0 Å². The third-order valence-corrected chi connectivity index (χ3v) is 3.27. The monoisotopic (exact) mass is 223 g/mol. The van der Waals surface area contributed by atoms with Crippen molar-refractivity contribution in [3.05, 3.63) is 12.4 Å². The van der Waals surface area contributed by atoms with E-state index in [9.17, 15) is 9.90 Å². The predicted octanol–water partition coefficient (Wildman–Crippen LogP) is 1.57. The Hall–Kier alpha value is -1.52. The molecule has 1 aromatic rings. The van der Waals surface area contributed by atoms with Gasteiger partial charge in [0.2, 0.25) is 5.95 Å². The number of hydrogen-bond donors (Lipinski definition) is 2. The number of carboxylic acid groups (broad SMARTS) is 1. The number of carboxylic acids is 1. The molecule has 1 fully saturated rings. The SMILES string of the molecule is CCn1ccnc1NC(C)(C(=O)O)C1CC1. The molecule has 2 rings (SSSR count). The molecule has 1 saturated carbocycles. The molecule has 2 N–H and O–H groups in total. The number of imidazole rings is 1. The van der Waals surface area contributed by atoms with E-state index in [-0.39, 0.29) is 5.92 Å². The van der Waals surface area contributed by atoms with E-state index in [1.165, 1.54) is 0 Å². The molecule has 1 heterocycles. The van der Waals surface area contributed by atoms with Crippen molar-refractivity contribution in [3.8, 4) is 0 Å². The molecular formula is C11H17N3O2. The molecule has 1 aromatic heterocycles. The Morgan fingerprint density at radius 2 is 2.44 bits per heavy atom. The normalized spacial score (nSPS) is 19.1. The van der Waals surface area contributed by atoms with Crippen LogP contribution in [0.15, 0.2) is 12.4 Å². The lowest BCUT2D eigenvalue weighted by molar-refractivity contribution is -0.142. The summed E-state index contributed by atoms with van der Waals surface area (Å²) in [5.41, 5.74) is -0.891. The van der Waals surface area contributed by atoms with Crippen LogP contribution in [0.3, 0.4) is 0 Å². The van der Waals surface area contributed by atoms with Crippen LogP contribution in [0.5, 0.6) is 0 Å². The number of anilines is 1. The topological polar surface area (TPSA) is 67.2 Å². The molecule has 0 aromatic carbocycles. The zero-order valence-electron chi connectivity index (χ0n) is 9.60. The van der Waals surface area contributed by atoms with E-state index in [0.717, 1.165) is 19.4 Å². The van der Waals surface area contributed by atoms with Gasteiger partial charge in [-0.25, -0.2) is 9.78 Å². The molecular weight excluding hydrogens is 206 g/mol. The molecule has 16 heavy (non-hydrogen) atoms. The van der Waals surface area contributed by atoms with Crippen LogP contribution in [-0.4, -0.2) is 26.2 Å². The van der Waals surface area contributed by atoms with Gasteiger partial charge in [-0.1, -0.05) is 0 Å². The Morgan fingerprint density at radius 3 is 2.94 bits per heavy atom. The fourth-order valence-corrected chi connectivity index (χ4v) is 1.91. The first-order chi connectivity index (χ1) is 7.58. The van der Waals surface area contributed by atoms with Gasteiger partial charge in [-0.3, -0.25) is 0 Å². The average Bonchev–Trinajstić information content (AvgIpc) is 3.01. The van der Waals surface area contributed by atoms with Gasteiger partial charge in [0, 0.05) is 18.9 Å². The van der Waals surface area contributed by atoms with Crippen molar-refractivity contribution in [2.24, 2.45) is 5.92 Å². The largest absolute Gasteiger partial charge is 0.480 e. The van der Waals surface area contributed by atoms with Crippen molar-refractivity contribution in [3.63, 3.8) is 0 Å². The van der Waals surface area contributed by atoms with Gasteiger partial charge in [0.15, 0.2) is 0 Å². The van der Waals surface area contributed by atoms with E-state index < -0.39 is 11.5 Å². The van der Waals surface area contributed by atoms with Crippen molar-refractivity contribution in [1.82, 2.24) is 9.55 Å². The molecule has 1 atom stereocenters. The molecule has 1 unspecified atom stereocenters. The Balaban J connectivity index is 2.20. The van der Waals surface area contributed by atoms with E-state index in [2.05, 4.69) is 10.3 Å².